The van der Waals surface area contributed by atoms with Crippen molar-refractivity contribution in [3.05, 3.63) is 34.5 Å². The van der Waals surface area contributed by atoms with Gasteiger partial charge in [0, 0.05) is 0 Å². The van der Waals surface area contributed by atoms with Crippen LogP contribution in [0.25, 0.3) is 21.8 Å². The van der Waals surface area contributed by atoms with Crippen molar-refractivity contribution in [3.63, 3.8) is 0 Å². The van der Waals surface area contributed by atoms with Gasteiger partial charge in [0.25, 0.3) is 0 Å². The number of fused-ring (bicyclic) bond motifs is 2. The molecule has 0 unspecified atom stereocenters. The molecule has 0 fully saturated rings. The highest BCUT2D eigenvalue weighted by atomic mass is 16.3. The van der Waals surface area contributed by atoms with Gasteiger partial charge in [0.15, 0.2) is 16.7 Å². The fraction of sp³-hybridized carbons (Fsp3) is 0. The lowest BCUT2D eigenvalue weighted by atomic mass is 10.1. The highest BCUT2D eigenvalue weighted by Crippen LogP contribution is 2.28. The summed E-state index contributed by atoms with van der Waals surface area (Å²) in [7, 11) is 0. The van der Waals surface area contributed by atoms with Gasteiger partial charge >= 0.3 is 0 Å². The molecule has 16 heavy (non-hydrogen) atoms. The molecule has 0 aliphatic rings. The molecule has 6 heteroatoms. The summed E-state index contributed by atoms with van der Waals surface area (Å²) in [5, 5.41) is 24.2. The van der Waals surface area contributed by atoms with Crippen LogP contribution in [-0.2, 0) is 0 Å². The fourth-order valence-electron chi connectivity index (χ4n) is 1.71. The number of H-pyrrole nitrogens is 1. The molecule has 0 spiro atoms. The highest BCUT2D eigenvalue weighted by molar-refractivity contribution is 6.01. The SMILES string of the molecule is O=c1cccc2cc3nn[nH]nc3c(O)c12. The Bertz CT molecular complexity index is 750. The van der Waals surface area contributed by atoms with Crippen LogP contribution < -0.4 is 5.43 Å². The monoisotopic (exact) mass is 214 g/mol. The quantitative estimate of drug-likeness (QED) is 0.534. The smallest absolute Gasteiger partial charge is 0.190 e. The second-order valence-electron chi connectivity index (χ2n) is 3.36. The number of hydrogen-bond donors (Lipinski definition) is 2. The van der Waals surface area contributed by atoms with E-state index in [9.17, 15) is 9.90 Å². The van der Waals surface area contributed by atoms with Crippen LogP contribution in [0.5, 0.6) is 5.75 Å². The molecule has 3 aromatic rings. The van der Waals surface area contributed by atoms with Crippen LogP contribution in [0.1, 0.15) is 0 Å². The van der Waals surface area contributed by atoms with Crippen LogP contribution >= 0.6 is 0 Å². The van der Waals surface area contributed by atoms with Gasteiger partial charge in [-0.3, -0.25) is 4.79 Å². The minimum Gasteiger partial charge on any atom is -0.505 e. The molecule has 1 heterocycles. The van der Waals surface area contributed by atoms with Crippen molar-refractivity contribution in [2.45, 2.75) is 0 Å². The third kappa shape index (κ3) is 1.07. The number of nitrogens with zero attached hydrogens (tertiary/aromatic N) is 3. The predicted molar refractivity (Wildman–Crippen MR) is 57.1 cm³/mol. The lowest BCUT2D eigenvalue weighted by molar-refractivity contribution is 0.485. The summed E-state index contributed by atoms with van der Waals surface area (Å²) in [5.74, 6) is -0.163. The van der Waals surface area contributed by atoms with Gasteiger partial charge in [-0.25, -0.2) is 0 Å². The molecule has 6 nitrogen and oxygen atoms in total. The fourth-order valence-corrected chi connectivity index (χ4v) is 1.71. The Labute approximate surface area is 88.5 Å². The second kappa shape index (κ2) is 2.99. The summed E-state index contributed by atoms with van der Waals surface area (Å²) in [6.45, 7) is 0. The zero-order valence-electron chi connectivity index (χ0n) is 8.01. The number of aromatic nitrogens is 4. The van der Waals surface area contributed by atoms with Gasteiger partial charge in [-0.05, 0) is 17.5 Å². The standard InChI is InChI=1S/C10H6N4O2/c15-7-3-1-2-5-4-6-9(10(16)8(5)7)12-14-13-11-6/h1-4,16H,(H,11,14). The van der Waals surface area contributed by atoms with E-state index >= 15 is 0 Å². The largest absolute Gasteiger partial charge is 0.505 e. The van der Waals surface area contributed by atoms with Gasteiger partial charge in [0.2, 0.25) is 0 Å². The van der Waals surface area contributed by atoms with Crippen molar-refractivity contribution in [2.75, 3.05) is 0 Å². The van der Waals surface area contributed by atoms with Crippen LogP contribution in [0.15, 0.2) is 29.1 Å². The van der Waals surface area contributed by atoms with Gasteiger partial charge in [0.1, 0.15) is 5.52 Å². The zero-order chi connectivity index (χ0) is 11.1. The lowest BCUT2D eigenvalue weighted by Gasteiger charge is -2.02. The summed E-state index contributed by atoms with van der Waals surface area (Å²) in [5.41, 5.74) is 0.440. The summed E-state index contributed by atoms with van der Waals surface area (Å²) in [6.07, 6.45) is 0. The highest BCUT2D eigenvalue weighted by Gasteiger charge is 2.10. The maximum atomic E-state index is 11.6. The van der Waals surface area contributed by atoms with Crippen molar-refractivity contribution in [1.29, 1.82) is 0 Å². The minimum absolute atomic E-state index is 0.163. The maximum absolute atomic E-state index is 11.6. The number of phenols is 1. The summed E-state index contributed by atoms with van der Waals surface area (Å²) in [4.78, 5) is 11.6. The second-order valence-corrected chi connectivity index (χ2v) is 3.36. The molecule has 0 atom stereocenters. The van der Waals surface area contributed by atoms with Crippen molar-refractivity contribution in [1.82, 2.24) is 20.6 Å². The molecule has 0 bridgehead atoms. The van der Waals surface area contributed by atoms with E-state index in [4.69, 9.17) is 0 Å². The van der Waals surface area contributed by atoms with Crippen molar-refractivity contribution >= 4 is 21.8 Å². The number of rotatable bonds is 0. The summed E-state index contributed by atoms with van der Waals surface area (Å²) in [6, 6.07) is 6.42. The third-order valence-electron chi connectivity index (χ3n) is 2.42. The molecular weight excluding hydrogens is 208 g/mol. The Morgan fingerprint density at radius 2 is 2.19 bits per heavy atom. The molecule has 0 amide bonds. The van der Waals surface area contributed by atoms with Gasteiger partial charge in [-0.2, -0.15) is 10.3 Å². The van der Waals surface area contributed by atoms with Crippen molar-refractivity contribution < 1.29 is 5.11 Å². The van der Waals surface area contributed by atoms with E-state index in [1.54, 1.807) is 18.2 Å². The van der Waals surface area contributed by atoms with Crippen LogP contribution in [0.4, 0.5) is 0 Å². The molecule has 1 aromatic heterocycles. The van der Waals surface area contributed by atoms with E-state index in [0.717, 1.165) is 0 Å². The Morgan fingerprint density at radius 3 is 3.06 bits per heavy atom. The average Bonchev–Trinajstić information content (AvgIpc) is 2.29. The molecule has 3 rings (SSSR count). The third-order valence-corrected chi connectivity index (χ3v) is 2.42. The summed E-state index contributed by atoms with van der Waals surface area (Å²) < 4.78 is 0. The van der Waals surface area contributed by atoms with E-state index in [1.165, 1.54) is 6.07 Å². The van der Waals surface area contributed by atoms with Crippen LogP contribution in [-0.4, -0.2) is 25.7 Å². The average molecular weight is 214 g/mol. The number of aromatic hydroxyl groups is 1. The van der Waals surface area contributed by atoms with Gasteiger partial charge in [-0.1, -0.05) is 17.3 Å². The van der Waals surface area contributed by atoms with Crippen molar-refractivity contribution in [2.24, 2.45) is 0 Å². The van der Waals surface area contributed by atoms with E-state index in [-0.39, 0.29) is 22.1 Å². The van der Waals surface area contributed by atoms with Crippen LogP contribution in [0.2, 0.25) is 0 Å². The molecule has 0 aliphatic carbocycles. The normalized spacial score (nSPS) is 11.0. The first-order valence-corrected chi connectivity index (χ1v) is 4.59. The minimum atomic E-state index is -0.240. The van der Waals surface area contributed by atoms with Crippen LogP contribution in [0, 0.1) is 0 Å². The Morgan fingerprint density at radius 1 is 1.31 bits per heavy atom. The molecule has 0 saturated heterocycles. The summed E-state index contributed by atoms with van der Waals surface area (Å²) >= 11 is 0. The van der Waals surface area contributed by atoms with E-state index in [1.807, 2.05) is 0 Å². The molecule has 0 saturated carbocycles. The van der Waals surface area contributed by atoms with E-state index in [2.05, 4.69) is 20.6 Å². The number of nitrogens with one attached hydrogen (secondary N) is 1. The van der Waals surface area contributed by atoms with E-state index in [0.29, 0.717) is 10.9 Å². The van der Waals surface area contributed by atoms with Gasteiger partial charge in [-0.15, -0.1) is 5.10 Å². The zero-order valence-corrected chi connectivity index (χ0v) is 8.01. The molecule has 78 valence electrons. The Kier molecular flexibility index (Phi) is 1.64. The van der Waals surface area contributed by atoms with Crippen LogP contribution in [0.3, 0.4) is 0 Å². The first-order chi connectivity index (χ1) is 7.77. The number of hydrogen-bond acceptors (Lipinski definition) is 5. The lowest BCUT2D eigenvalue weighted by Crippen LogP contribution is -2.00. The molecule has 2 N–H and O–H groups in total. The number of aromatic amines is 1. The Balaban J connectivity index is 2.67. The van der Waals surface area contributed by atoms with Crippen molar-refractivity contribution in [3.8, 4) is 5.75 Å². The number of benzene rings is 2. The van der Waals surface area contributed by atoms with E-state index < -0.39 is 0 Å². The molecule has 2 aromatic carbocycles. The molecule has 0 aliphatic heterocycles. The predicted octanol–water partition coefficient (Wildman–Crippen LogP) is 0.572. The van der Waals surface area contributed by atoms with Gasteiger partial charge < -0.3 is 5.11 Å². The number of phenolic OH excluding ortho intramolecular Hbond substituents is 1. The molecule has 0 radical (unpaired) electrons. The first kappa shape index (κ1) is 8.78. The molecular formula is C10H6N4O2. The van der Waals surface area contributed by atoms with Gasteiger partial charge in [0.05, 0.1) is 5.39 Å². The maximum Gasteiger partial charge on any atom is 0.190 e. The Hall–Kier alpha value is -2.50. The first-order valence-electron chi connectivity index (χ1n) is 4.59. The topological polar surface area (TPSA) is 91.8 Å².